The fraction of sp³-hybridized carbons (Fsp3) is 0.250. The molecule has 1 heterocycles. The van der Waals surface area contributed by atoms with Crippen LogP contribution in [-0.2, 0) is 6.54 Å². The first kappa shape index (κ1) is 14.4. The molecule has 0 saturated heterocycles. The lowest BCUT2D eigenvalue weighted by Crippen LogP contribution is -2.12. The zero-order valence-electron chi connectivity index (χ0n) is 10.6. The third-order valence-electron chi connectivity index (χ3n) is 2.68. The molecular formula is C12H12BrFN4O2. The summed E-state index contributed by atoms with van der Waals surface area (Å²) in [5, 5.41) is 19.1. The Kier molecular flexibility index (Phi) is 4.33. The molecule has 0 fully saturated rings. The van der Waals surface area contributed by atoms with Crippen LogP contribution in [0.1, 0.15) is 16.1 Å². The predicted molar refractivity (Wildman–Crippen MR) is 74.3 cm³/mol. The molecule has 2 N–H and O–H groups in total. The zero-order chi connectivity index (χ0) is 14.7. The highest BCUT2D eigenvalue weighted by atomic mass is 79.9. The summed E-state index contributed by atoms with van der Waals surface area (Å²) >= 11 is 3.13. The molecule has 8 heteroatoms. The Hall–Kier alpha value is -1.96. The average molecular weight is 343 g/mol. The van der Waals surface area contributed by atoms with Crippen LogP contribution in [0.2, 0.25) is 0 Å². The molecule has 2 aromatic rings. The van der Waals surface area contributed by atoms with E-state index in [2.05, 4.69) is 31.6 Å². The van der Waals surface area contributed by atoms with Gasteiger partial charge in [0, 0.05) is 12.2 Å². The van der Waals surface area contributed by atoms with Gasteiger partial charge in [-0.2, -0.15) is 0 Å². The summed E-state index contributed by atoms with van der Waals surface area (Å²) in [6.07, 6.45) is 1.36. The maximum Gasteiger partial charge on any atom is 0.358 e. The van der Waals surface area contributed by atoms with E-state index in [1.165, 1.54) is 16.9 Å². The number of carbonyl (C=O) groups is 1. The van der Waals surface area contributed by atoms with E-state index in [9.17, 15) is 9.18 Å². The maximum absolute atomic E-state index is 13.3. The second-order valence-corrected chi connectivity index (χ2v) is 5.03. The first-order chi connectivity index (χ1) is 9.47. The van der Waals surface area contributed by atoms with Crippen molar-refractivity contribution in [2.75, 3.05) is 11.9 Å². The van der Waals surface area contributed by atoms with E-state index < -0.39 is 5.97 Å². The van der Waals surface area contributed by atoms with Crippen molar-refractivity contribution in [3.63, 3.8) is 0 Å². The van der Waals surface area contributed by atoms with Gasteiger partial charge in [0.1, 0.15) is 5.82 Å². The molecule has 106 valence electrons. The van der Waals surface area contributed by atoms with E-state index in [0.29, 0.717) is 17.6 Å². The largest absolute Gasteiger partial charge is 0.476 e. The van der Waals surface area contributed by atoms with Gasteiger partial charge < -0.3 is 10.4 Å². The van der Waals surface area contributed by atoms with E-state index >= 15 is 0 Å². The van der Waals surface area contributed by atoms with Crippen LogP contribution >= 0.6 is 15.9 Å². The summed E-state index contributed by atoms with van der Waals surface area (Å²) in [6.45, 7) is 2.77. The van der Waals surface area contributed by atoms with E-state index in [1.54, 1.807) is 13.0 Å². The quantitative estimate of drug-likeness (QED) is 0.871. The number of aryl methyl sites for hydroxylation is 1. The van der Waals surface area contributed by atoms with E-state index in [0.717, 1.165) is 11.3 Å². The van der Waals surface area contributed by atoms with Gasteiger partial charge in [-0.1, -0.05) is 5.21 Å². The van der Waals surface area contributed by atoms with Crippen LogP contribution in [0.3, 0.4) is 0 Å². The number of nitrogens with zero attached hydrogens (tertiary/aromatic N) is 3. The molecule has 0 saturated carbocycles. The summed E-state index contributed by atoms with van der Waals surface area (Å²) in [6, 6.07) is 3.10. The minimum absolute atomic E-state index is 0.0919. The summed E-state index contributed by atoms with van der Waals surface area (Å²) in [5.41, 5.74) is 1.50. The SMILES string of the molecule is Cc1cc(F)c(Br)cc1NCCn1cc(C(=O)O)nn1. The second-order valence-electron chi connectivity index (χ2n) is 4.18. The lowest BCUT2D eigenvalue weighted by atomic mass is 10.2. The number of benzene rings is 1. The van der Waals surface area contributed by atoms with Crippen molar-refractivity contribution in [3.8, 4) is 0 Å². The molecule has 2 rings (SSSR count). The molecule has 0 radical (unpaired) electrons. The molecule has 0 bridgehead atoms. The number of aromatic carboxylic acids is 1. The van der Waals surface area contributed by atoms with Gasteiger partial charge in [-0.05, 0) is 40.5 Å². The molecule has 0 amide bonds. The number of hydrogen-bond acceptors (Lipinski definition) is 4. The molecule has 0 aliphatic carbocycles. The molecule has 1 aromatic carbocycles. The molecule has 0 atom stereocenters. The van der Waals surface area contributed by atoms with Gasteiger partial charge in [-0.3, -0.25) is 0 Å². The van der Waals surface area contributed by atoms with Crippen molar-refractivity contribution in [1.82, 2.24) is 15.0 Å². The minimum atomic E-state index is -1.11. The highest BCUT2D eigenvalue weighted by Crippen LogP contribution is 2.23. The smallest absolute Gasteiger partial charge is 0.358 e. The van der Waals surface area contributed by atoms with Gasteiger partial charge in [-0.25, -0.2) is 13.9 Å². The number of aromatic nitrogens is 3. The van der Waals surface area contributed by atoms with Crippen molar-refractivity contribution in [3.05, 3.63) is 39.9 Å². The molecule has 20 heavy (non-hydrogen) atoms. The molecule has 0 aliphatic rings. The van der Waals surface area contributed by atoms with Crippen LogP contribution in [0.4, 0.5) is 10.1 Å². The standard InChI is InChI=1S/C12H12BrFN4O2/c1-7-4-9(14)8(13)5-10(7)15-2-3-18-6-11(12(19)20)16-17-18/h4-6,15H,2-3H2,1H3,(H,19,20). The highest BCUT2D eigenvalue weighted by molar-refractivity contribution is 9.10. The number of nitrogens with one attached hydrogen (secondary N) is 1. The van der Waals surface area contributed by atoms with Crippen molar-refractivity contribution in [1.29, 1.82) is 0 Å². The maximum atomic E-state index is 13.3. The molecule has 0 spiro atoms. The Morgan fingerprint density at radius 1 is 1.55 bits per heavy atom. The van der Waals surface area contributed by atoms with Crippen molar-refractivity contribution < 1.29 is 14.3 Å². The zero-order valence-corrected chi connectivity index (χ0v) is 12.2. The number of carboxylic acid groups (broad SMARTS) is 1. The van der Waals surface area contributed by atoms with Gasteiger partial charge in [0.25, 0.3) is 0 Å². The van der Waals surface area contributed by atoms with Crippen LogP contribution in [0.15, 0.2) is 22.8 Å². The number of halogens is 2. The van der Waals surface area contributed by atoms with Crippen molar-refractivity contribution in [2.24, 2.45) is 0 Å². The van der Waals surface area contributed by atoms with Gasteiger partial charge >= 0.3 is 5.97 Å². The number of hydrogen-bond donors (Lipinski definition) is 2. The summed E-state index contributed by atoms with van der Waals surface area (Å²) in [4.78, 5) is 10.7. The fourth-order valence-corrected chi connectivity index (χ4v) is 1.99. The predicted octanol–water partition coefficient (Wildman–Crippen LogP) is 2.30. The van der Waals surface area contributed by atoms with Crippen LogP contribution in [0.5, 0.6) is 0 Å². The summed E-state index contributed by atoms with van der Waals surface area (Å²) in [5.74, 6) is -1.42. The van der Waals surface area contributed by atoms with Crippen molar-refractivity contribution >= 4 is 27.6 Å². The molecular weight excluding hydrogens is 331 g/mol. The number of carboxylic acids is 1. The van der Waals surface area contributed by atoms with Crippen LogP contribution in [0.25, 0.3) is 0 Å². The van der Waals surface area contributed by atoms with Gasteiger partial charge in [0.05, 0.1) is 17.2 Å². The second kappa shape index (κ2) is 6.00. The normalized spacial score (nSPS) is 10.6. The van der Waals surface area contributed by atoms with Gasteiger partial charge in [0.2, 0.25) is 0 Å². The van der Waals surface area contributed by atoms with E-state index in [4.69, 9.17) is 5.11 Å². The Balaban J connectivity index is 1.95. The van der Waals surface area contributed by atoms with E-state index in [-0.39, 0.29) is 11.5 Å². The lowest BCUT2D eigenvalue weighted by molar-refractivity contribution is 0.0690. The van der Waals surface area contributed by atoms with E-state index in [1.807, 2.05) is 0 Å². The fourth-order valence-electron chi connectivity index (χ4n) is 1.65. The Bertz CT molecular complexity index is 644. The van der Waals surface area contributed by atoms with Crippen LogP contribution in [0, 0.1) is 12.7 Å². The first-order valence-corrected chi connectivity index (χ1v) is 6.59. The third-order valence-corrected chi connectivity index (χ3v) is 3.29. The van der Waals surface area contributed by atoms with Crippen molar-refractivity contribution in [2.45, 2.75) is 13.5 Å². The lowest BCUT2D eigenvalue weighted by Gasteiger charge is -2.10. The first-order valence-electron chi connectivity index (χ1n) is 5.80. The number of anilines is 1. The van der Waals surface area contributed by atoms with Gasteiger partial charge in [0.15, 0.2) is 5.69 Å². The minimum Gasteiger partial charge on any atom is -0.476 e. The van der Waals surface area contributed by atoms with Crippen LogP contribution < -0.4 is 5.32 Å². The van der Waals surface area contributed by atoms with Crippen LogP contribution in [-0.4, -0.2) is 32.6 Å². The highest BCUT2D eigenvalue weighted by Gasteiger charge is 2.08. The topological polar surface area (TPSA) is 80.0 Å². The number of rotatable bonds is 5. The average Bonchev–Trinajstić information content (AvgIpc) is 2.84. The molecule has 0 aliphatic heterocycles. The monoisotopic (exact) mass is 342 g/mol. The molecule has 1 aromatic heterocycles. The Labute approximate surface area is 122 Å². The third kappa shape index (κ3) is 3.32. The Morgan fingerprint density at radius 3 is 2.95 bits per heavy atom. The molecule has 6 nitrogen and oxygen atoms in total. The summed E-state index contributed by atoms with van der Waals surface area (Å²) in [7, 11) is 0. The summed E-state index contributed by atoms with van der Waals surface area (Å²) < 4.78 is 15.1. The van der Waals surface area contributed by atoms with Gasteiger partial charge in [-0.15, -0.1) is 5.10 Å². The molecule has 0 unspecified atom stereocenters. The Morgan fingerprint density at radius 2 is 2.30 bits per heavy atom.